The largest absolute Gasteiger partial charge is 0.454 e. The van der Waals surface area contributed by atoms with Crippen molar-refractivity contribution >= 4 is 24.0 Å². The fraction of sp³-hybridized carbons (Fsp3) is 0.368. The standard InChI is InChI=1S/C19H20N2O5.ClH/c1-11-8-15(12-4-6-20-7-5-12)26-19(23)17(11)18(22)21-13-2-3-14-16(9-13)25-10-24-14;/h2-3,8-9,12,20H,4-7,10H2,1H3,(H,21,22);1H. The first-order valence-corrected chi connectivity index (χ1v) is 8.68. The van der Waals surface area contributed by atoms with Gasteiger partial charge in [0.2, 0.25) is 6.79 Å². The molecule has 1 saturated heterocycles. The van der Waals surface area contributed by atoms with Crippen molar-refractivity contribution in [3.63, 3.8) is 0 Å². The number of aryl methyl sites for hydroxylation is 1. The van der Waals surface area contributed by atoms with Crippen LogP contribution in [-0.2, 0) is 0 Å². The van der Waals surface area contributed by atoms with Crippen LogP contribution in [0, 0.1) is 6.92 Å². The van der Waals surface area contributed by atoms with Crippen molar-refractivity contribution in [1.82, 2.24) is 5.32 Å². The summed E-state index contributed by atoms with van der Waals surface area (Å²) in [5.74, 6) is 1.58. The Bertz CT molecular complexity index is 905. The molecule has 0 saturated carbocycles. The van der Waals surface area contributed by atoms with Gasteiger partial charge in [0.25, 0.3) is 5.91 Å². The molecule has 0 aliphatic carbocycles. The quantitative estimate of drug-likeness (QED) is 0.834. The second-order valence-electron chi connectivity index (χ2n) is 6.54. The molecule has 2 aliphatic heterocycles. The van der Waals surface area contributed by atoms with E-state index in [2.05, 4.69) is 10.6 Å². The molecule has 144 valence electrons. The van der Waals surface area contributed by atoms with Gasteiger partial charge in [-0.3, -0.25) is 4.79 Å². The van der Waals surface area contributed by atoms with Gasteiger partial charge < -0.3 is 24.5 Å². The molecule has 4 rings (SSSR count). The number of rotatable bonds is 3. The highest BCUT2D eigenvalue weighted by Crippen LogP contribution is 2.34. The van der Waals surface area contributed by atoms with Crippen molar-refractivity contribution in [3.8, 4) is 11.5 Å². The van der Waals surface area contributed by atoms with Crippen LogP contribution < -0.4 is 25.7 Å². The summed E-state index contributed by atoms with van der Waals surface area (Å²) < 4.78 is 16.0. The van der Waals surface area contributed by atoms with Crippen molar-refractivity contribution in [2.24, 2.45) is 0 Å². The van der Waals surface area contributed by atoms with E-state index in [1.54, 1.807) is 25.1 Å². The zero-order valence-electron chi connectivity index (χ0n) is 14.9. The maximum absolute atomic E-state index is 12.6. The third-order valence-corrected chi connectivity index (χ3v) is 4.77. The van der Waals surface area contributed by atoms with Crippen LogP contribution in [0.25, 0.3) is 0 Å². The molecule has 1 aromatic carbocycles. The lowest BCUT2D eigenvalue weighted by molar-refractivity contribution is 0.102. The minimum atomic E-state index is -0.600. The van der Waals surface area contributed by atoms with E-state index in [0.717, 1.165) is 25.9 Å². The molecule has 2 N–H and O–H groups in total. The number of nitrogens with one attached hydrogen (secondary N) is 2. The Labute approximate surface area is 162 Å². The minimum absolute atomic E-state index is 0. The normalized spacial score (nSPS) is 15.9. The van der Waals surface area contributed by atoms with E-state index in [4.69, 9.17) is 13.9 Å². The van der Waals surface area contributed by atoms with Gasteiger partial charge in [0.1, 0.15) is 11.3 Å². The lowest BCUT2D eigenvalue weighted by Crippen LogP contribution is -2.28. The summed E-state index contributed by atoms with van der Waals surface area (Å²) in [5, 5.41) is 6.01. The SMILES string of the molecule is Cc1cc(C2CCNCC2)oc(=O)c1C(=O)Nc1ccc2c(c1)OCO2.Cl. The average molecular weight is 393 g/mol. The second kappa shape index (κ2) is 8.02. The number of carbonyl (C=O) groups is 1. The van der Waals surface area contributed by atoms with Crippen LogP contribution in [0.15, 0.2) is 33.5 Å². The zero-order valence-corrected chi connectivity index (χ0v) is 15.7. The number of ether oxygens (including phenoxy) is 2. The maximum Gasteiger partial charge on any atom is 0.349 e. The molecule has 0 atom stereocenters. The van der Waals surface area contributed by atoms with Crippen molar-refractivity contribution < 1.29 is 18.7 Å². The Morgan fingerprint density at radius 1 is 1.15 bits per heavy atom. The molecule has 0 radical (unpaired) electrons. The molecule has 27 heavy (non-hydrogen) atoms. The molecule has 1 aromatic heterocycles. The first-order chi connectivity index (χ1) is 12.6. The van der Waals surface area contributed by atoms with Crippen LogP contribution in [0.2, 0.25) is 0 Å². The van der Waals surface area contributed by atoms with Crippen LogP contribution in [0.5, 0.6) is 11.5 Å². The molecule has 2 aromatic rings. The first kappa shape index (κ1) is 19.3. The molecule has 3 heterocycles. The summed E-state index contributed by atoms with van der Waals surface area (Å²) in [6.45, 7) is 3.73. The van der Waals surface area contributed by atoms with E-state index >= 15 is 0 Å². The number of anilines is 1. The molecule has 0 unspecified atom stereocenters. The smallest absolute Gasteiger partial charge is 0.349 e. The Balaban J connectivity index is 0.00000210. The van der Waals surface area contributed by atoms with Crippen LogP contribution in [0.3, 0.4) is 0 Å². The van der Waals surface area contributed by atoms with Crippen LogP contribution in [0.4, 0.5) is 5.69 Å². The molecule has 2 aliphatic rings. The van der Waals surface area contributed by atoms with Gasteiger partial charge in [-0.15, -0.1) is 12.4 Å². The van der Waals surface area contributed by atoms with Gasteiger partial charge >= 0.3 is 5.63 Å². The number of benzene rings is 1. The highest BCUT2D eigenvalue weighted by molar-refractivity contribution is 6.05. The van der Waals surface area contributed by atoms with Crippen molar-refractivity contribution in [2.45, 2.75) is 25.7 Å². The summed E-state index contributed by atoms with van der Waals surface area (Å²) in [4.78, 5) is 25.0. The fourth-order valence-electron chi connectivity index (χ4n) is 3.38. The van der Waals surface area contributed by atoms with E-state index in [1.807, 2.05) is 6.07 Å². The lowest BCUT2D eigenvalue weighted by atomic mass is 9.94. The van der Waals surface area contributed by atoms with E-state index in [9.17, 15) is 9.59 Å². The predicted molar refractivity (Wildman–Crippen MR) is 102 cm³/mol. The summed E-state index contributed by atoms with van der Waals surface area (Å²) in [6, 6.07) is 6.89. The van der Waals surface area contributed by atoms with Gasteiger partial charge in [-0.1, -0.05) is 0 Å². The van der Waals surface area contributed by atoms with Crippen molar-refractivity contribution in [3.05, 3.63) is 51.6 Å². The van der Waals surface area contributed by atoms with Gasteiger partial charge in [0, 0.05) is 17.7 Å². The molecular weight excluding hydrogens is 372 g/mol. The average Bonchev–Trinajstić information content (AvgIpc) is 3.09. The summed E-state index contributed by atoms with van der Waals surface area (Å²) in [7, 11) is 0. The van der Waals surface area contributed by atoms with E-state index in [0.29, 0.717) is 28.5 Å². The third-order valence-electron chi connectivity index (χ3n) is 4.77. The van der Waals surface area contributed by atoms with Gasteiger partial charge in [-0.05, 0) is 56.6 Å². The van der Waals surface area contributed by atoms with Crippen LogP contribution in [-0.4, -0.2) is 25.8 Å². The maximum atomic E-state index is 12.6. The number of fused-ring (bicyclic) bond motifs is 1. The summed E-state index contributed by atoms with van der Waals surface area (Å²) >= 11 is 0. The third kappa shape index (κ3) is 3.94. The predicted octanol–water partition coefficient (Wildman–Crippen LogP) is 2.82. The minimum Gasteiger partial charge on any atom is -0.454 e. The first-order valence-electron chi connectivity index (χ1n) is 8.68. The Hall–Kier alpha value is -2.51. The van der Waals surface area contributed by atoms with E-state index in [-0.39, 0.29) is 30.7 Å². The second-order valence-corrected chi connectivity index (χ2v) is 6.54. The monoisotopic (exact) mass is 392 g/mol. The molecule has 8 heteroatoms. The summed E-state index contributed by atoms with van der Waals surface area (Å²) in [5.41, 5.74) is 0.575. The van der Waals surface area contributed by atoms with Gasteiger partial charge in [-0.25, -0.2) is 4.79 Å². The van der Waals surface area contributed by atoms with Crippen molar-refractivity contribution in [2.75, 3.05) is 25.2 Å². The number of piperidine rings is 1. The Morgan fingerprint density at radius 3 is 2.63 bits per heavy atom. The molecule has 0 bridgehead atoms. The highest BCUT2D eigenvalue weighted by Gasteiger charge is 2.23. The summed E-state index contributed by atoms with van der Waals surface area (Å²) in [6.07, 6.45) is 1.84. The van der Waals surface area contributed by atoms with Crippen molar-refractivity contribution in [1.29, 1.82) is 0 Å². The van der Waals surface area contributed by atoms with Crippen LogP contribution >= 0.6 is 12.4 Å². The van der Waals surface area contributed by atoms with Crippen LogP contribution in [0.1, 0.15) is 40.4 Å². The number of hydrogen-bond donors (Lipinski definition) is 2. The molecule has 7 nitrogen and oxygen atoms in total. The number of amides is 1. The molecular formula is C19H21ClN2O5. The zero-order chi connectivity index (χ0) is 18.1. The lowest BCUT2D eigenvalue weighted by Gasteiger charge is -2.21. The Morgan fingerprint density at radius 2 is 1.89 bits per heavy atom. The van der Waals surface area contributed by atoms with E-state index in [1.165, 1.54) is 0 Å². The number of halogens is 1. The Kier molecular flexibility index (Phi) is 5.72. The van der Waals surface area contributed by atoms with Gasteiger partial charge in [-0.2, -0.15) is 0 Å². The van der Waals surface area contributed by atoms with E-state index < -0.39 is 11.5 Å². The molecule has 1 fully saturated rings. The number of carbonyl (C=O) groups excluding carboxylic acids is 1. The van der Waals surface area contributed by atoms with Gasteiger partial charge in [0.15, 0.2) is 11.5 Å². The number of hydrogen-bond acceptors (Lipinski definition) is 6. The topological polar surface area (TPSA) is 89.8 Å². The molecule has 1 amide bonds. The van der Waals surface area contributed by atoms with Gasteiger partial charge in [0.05, 0.1) is 0 Å². The molecule has 0 spiro atoms. The highest BCUT2D eigenvalue weighted by atomic mass is 35.5. The fourth-order valence-corrected chi connectivity index (χ4v) is 3.38.